The molecule has 7 N–H and O–H groups in total. The van der Waals surface area contributed by atoms with Crippen molar-refractivity contribution in [3.05, 3.63) is 58.2 Å². The number of nitriles is 1. The van der Waals surface area contributed by atoms with E-state index in [-0.39, 0.29) is 41.2 Å². The van der Waals surface area contributed by atoms with Gasteiger partial charge in [0.25, 0.3) is 0 Å². The Morgan fingerprint density at radius 3 is 2.70 bits per heavy atom. The molecular weight excluding hydrogens is 541 g/mol. The van der Waals surface area contributed by atoms with Gasteiger partial charge in [0, 0.05) is 40.1 Å². The number of benzene rings is 2. The molecular formula is C28H31F3N6O2S. The zero-order valence-corrected chi connectivity index (χ0v) is 22.6. The number of hydrazine groups is 1. The Balaban J connectivity index is 1.74. The molecule has 3 aromatic rings. The third kappa shape index (κ3) is 6.39. The number of carbonyl (C=O) groups is 1. The van der Waals surface area contributed by atoms with Gasteiger partial charge in [-0.25, -0.2) is 19.0 Å². The summed E-state index contributed by atoms with van der Waals surface area (Å²) in [6, 6.07) is 8.34. The minimum atomic E-state index is -1.19. The monoisotopic (exact) mass is 572 g/mol. The molecule has 1 aliphatic rings. The standard InChI is InChI=1S/C28H31F3N6O2S/c29-23-9-16(5-6-17(23)13-32)21-11-20(10-18(33)3-1-7-36-15-38)40-28(21)22-12-24(34)27(26(31)25(22)30)37(35)19-4-2-8-39-14-19/h5-6,9,11-12,15,18-19H,1-4,7-8,10,14,33-35H2,(H,36,38). The van der Waals surface area contributed by atoms with Gasteiger partial charge in [-0.15, -0.1) is 11.3 Å². The van der Waals surface area contributed by atoms with Gasteiger partial charge in [-0.3, -0.25) is 4.79 Å². The lowest BCUT2D eigenvalue weighted by Gasteiger charge is -2.33. The molecule has 2 heterocycles. The van der Waals surface area contributed by atoms with Crippen LogP contribution in [0.4, 0.5) is 24.5 Å². The summed E-state index contributed by atoms with van der Waals surface area (Å²) in [5.74, 6) is 3.13. The Hall–Kier alpha value is -3.63. The van der Waals surface area contributed by atoms with Crippen molar-refractivity contribution in [1.82, 2.24) is 5.32 Å². The number of nitrogens with zero attached hydrogens (tertiary/aromatic N) is 2. The Kier molecular flexibility index (Phi) is 9.65. The predicted molar refractivity (Wildman–Crippen MR) is 150 cm³/mol. The maximum absolute atomic E-state index is 15.7. The number of rotatable bonds is 11. The molecule has 40 heavy (non-hydrogen) atoms. The van der Waals surface area contributed by atoms with Crippen LogP contribution in [0.15, 0.2) is 30.3 Å². The summed E-state index contributed by atoms with van der Waals surface area (Å²) in [6.07, 6.45) is 3.72. The fourth-order valence-electron chi connectivity index (χ4n) is 4.81. The number of hydrogen-bond acceptors (Lipinski definition) is 8. The van der Waals surface area contributed by atoms with Gasteiger partial charge in [-0.05, 0) is 61.9 Å². The molecule has 2 aromatic carbocycles. The van der Waals surface area contributed by atoms with Crippen LogP contribution < -0.4 is 27.6 Å². The van der Waals surface area contributed by atoms with Crippen LogP contribution >= 0.6 is 11.3 Å². The predicted octanol–water partition coefficient (Wildman–Crippen LogP) is 4.21. The molecule has 12 heteroatoms. The topological polar surface area (TPSA) is 143 Å². The molecule has 1 aliphatic heterocycles. The molecule has 1 aromatic heterocycles. The Morgan fingerprint density at radius 2 is 2.02 bits per heavy atom. The van der Waals surface area contributed by atoms with E-state index in [2.05, 4.69) is 5.32 Å². The Morgan fingerprint density at radius 1 is 1.23 bits per heavy atom. The number of carbonyl (C=O) groups excluding carboxylic acids is 1. The van der Waals surface area contributed by atoms with Crippen molar-refractivity contribution in [3.63, 3.8) is 0 Å². The van der Waals surface area contributed by atoms with E-state index in [1.807, 2.05) is 0 Å². The second kappa shape index (κ2) is 13.1. The molecule has 8 nitrogen and oxygen atoms in total. The van der Waals surface area contributed by atoms with Crippen molar-refractivity contribution in [1.29, 1.82) is 5.26 Å². The van der Waals surface area contributed by atoms with Crippen LogP contribution in [0.3, 0.4) is 0 Å². The maximum Gasteiger partial charge on any atom is 0.207 e. The van der Waals surface area contributed by atoms with E-state index in [0.717, 1.165) is 16.3 Å². The number of halogens is 3. The third-order valence-electron chi connectivity index (χ3n) is 6.87. The summed E-state index contributed by atoms with van der Waals surface area (Å²) in [6.45, 7) is 1.34. The summed E-state index contributed by atoms with van der Waals surface area (Å²) in [5, 5.41) is 12.8. The lowest BCUT2D eigenvalue weighted by molar-refractivity contribution is -0.109. The van der Waals surface area contributed by atoms with E-state index in [4.69, 9.17) is 27.3 Å². The third-order valence-corrected chi connectivity index (χ3v) is 8.06. The Bertz CT molecular complexity index is 1400. The molecule has 0 spiro atoms. The SMILES string of the molecule is N#Cc1ccc(-c2cc(CC(N)CCCNC=O)sc2-c2cc(N)c(N(N)C3CCCOC3)c(F)c2F)cc1F. The van der Waals surface area contributed by atoms with Crippen LogP contribution in [0.5, 0.6) is 0 Å². The van der Waals surface area contributed by atoms with Gasteiger partial charge in [0.2, 0.25) is 6.41 Å². The summed E-state index contributed by atoms with van der Waals surface area (Å²) < 4.78 is 51.3. The van der Waals surface area contributed by atoms with Gasteiger partial charge >= 0.3 is 0 Å². The van der Waals surface area contributed by atoms with E-state index in [0.29, 0.717) is 61.2 Å². The van der Waals surface area contributed by atoms with Crippen molar-refractivity contribution < 1.29 is 22.7 Å². The molecule has 1 saturated heterocycles. The molecule has 4 rings (SSSR count). The van der Waals surface area contributed by atoms with Gasteiger partial charge in [0.1, 0.15) is 17.6 Å². The van der Waals surface area contributed by atoms with Gasteiger partial charge in [0.15, 0.2) is 11.6 Å². The van der Waals surface area contributed by atoms with Crippen LogP contribution in [0.25, 0.3) is 21.6 Å². The number of anilines is 2. The van der Waals surface area contributed by atoms with Gasteiger partial charge in [0.05, 0.1) is 23.9 Å². The highest BCUT2D eigenvalue weighted by Gasteiger charge is 2.29. The van der Waals surface area contributed by atoms with Crippen molar-refractivity contribution in [3.8, 4) is 27.6 Å². The van der Waals surface area contributed by atoms with E-state index >= 15 is 8.78 Å². The van der Waals surface area contributed by atoms with Crippen LogP contribution in [0, 0.1) is 28.8 Å². The van der Waals surface area contributed by atoms with Crippen molar-refractivity contribution >= 4 is 29.1 Å². The molecule has 2 atom stereocenters. The van der Waals surface area contributed by atoms with E-state index in [1.165, 1.54) is 29.5 Å². The minimum Gasteiger partial charge on any atom is -0.397 e. The van der Waals surface area contributed by atoms with Crippen LogP contribution in [0.2, 0.25) is 0 Å². The molecule has 0 aliphatic carbocycles. The first-order chi connectivity index (χ1) is 19.2. The van der Waals surface area contributed by atoms with E-state index in [1.54, 1.807) is 18.2 Å². The smallest absolute Gasteiger partial charge is 0.207 e. The molecule has 2 unspecified atom stereocenters. The maximum atomic E-state index is 15.7. The minimum absolute atomic E-state index is 0.0479. The zero-order chi connectivity index (χ0) is 28.8. The second-order valence-electron chi connectivity index (χ2n) is 9.71. The largest absolute Gasteiger partial charge is 0.397 e. The average Bonchev–Trinajstić information content (AvgIpc) is 3.36. The van der Waals surface area contributed by atoms with Crippen molar-refractivity contribution in [2.24, 2.45) is 11.6 Å². The van der Waals surface area contributed by atoms with E-state index < -0.39 is 17.5 Å². The quantitative estimate of drug-likeness (QED) is 0.0886. The Labute approximate surface area is 234 Å². The lowest BCUT2D eigenvalue weighted by atomic mass is 9.98. The highest BCUT2D eigenvalue weighted by atomic mass is 32.1. The number of ether oxygens (including phenoxy) is 1. The van der Waals surface area contributed by atoms with Crippen LogP contribution in [0.1, 0.15) is 36.1 Å². The molecule has 0 radical (unpaired) electrons. The number of thiophene rings is 1. The average molecular weight is 573 g/mol. The van der Waals surface area contributed by atoms with Crippen LogP contribution in [-0.4, -0.2) is 38.3 Å². The first-order valence-corrected chi connectivity index (χ1v) is 13.7. The summed E-state index contributed by atoms with van der Waals surface area (Å²) >= 11 is 1.20. The normalized spacial score (nSPS) is 15.8. The highest BCUT2D eigenvalue weighted by molar-refractivity contribution is 7.16. The fraction of sp³-hybridized carbons (Fsp3) is 0.357. The van der Waals surface area contributed by atoms with Gasteiger partial charge in [-0.2, -0.15) is 5.26 Å². The fourth-order valence-corrected chi connectivity index (χ4v) is 6.09. The summed E-state index contributed by atoms with van der Waals surface area (Å²) in [4.78, 5) is 11.6. The van der Waals surface area contributed by atoms with Gasteiger partial charge < -0.3 is 26.5 Å². The molecule has 0 bridgehead atoms. The second-order valence-corrected chi connectivity index (χ2v) is 10.8. The first kappa shape index (κ1) is 29.4. The van der Waals surface area contributed by atoms with Crippen molar-refractivity contribution in [2.75, 3.05) is 30.5 Å². The summed E-state index contributed by atoms with van der Waals surface area (Å²) in [5.41, 5.74) is 12.9. The van der Waals surface area contributed by atoms with E-state index in [9.17, 15) is 9.18 Å². The zero-order valence-electron chi connectivity index (χ0n) is 21.8. The molecule has 0 saturated carbocycles. The van der Waals surface area contributed by atoms with Crippen molar-refractivity contribution in [2.45, 2.75) is 44.2 Å². The first-order valence-electron chi connectivity index (χ1n) is 12.9. The number of nitrogens with two attached hydrogens (primary N) is 3. The summed E-state index contributed by atoms with van der Waals surface area (Å²) in [7, 11) is 0. The molecule has 1 amide bonds. The number of amides is 1. The molecule has 212 valence electrons. The van der Waals surface area contributed by atoms with Gasteiger partial charge in [-0.1, -0.05) is 6.07 Å². The highest BCUT2D eigenvalue weighted by Crippen LogP contribution is 2.44. The van der Waals surface area contributed by atoms with Crippen LogP contribution in [-0.2, 0) is 16.0 Å². The number of hydrogen-bond donors (Lipinski definition) is 4. The molecule has 1 fully saturated rings. The lowest BCUT2D eigenvalue weighted by Crippen LogP contribution is -2.46. The number of nitrogen functional groups attached to an aromatic ring is 1. The number of nitrogens with one attached hydrogen (secondary N) is 1.